The molecule has 2 aromatic carbocycles. The highest BCUT2D eigenvalue weighted by atomic mass is 15.4. The third-order valence-corrected chi connectivity index (χ3v) is 3.49. The molecule has 0 bridgehead atoms. The van der Waals surface area contributed by atoms with Crippen molar-refractivity contribution in [2.75, 3.05) is 12.1 Å². The van der Waals surface area contributed by atoms with E-state index in [4.69, 9.17) is 5.10 Å². The maximum Gasteiger partial charge on any atom is 0.0754 e. The molecule has 0 aromatic heterocycles. The van der Waals surface area contributed by atoms with Crippen LogP contribution in [0.15, 0.2) is 59.7 Å². The number of benzene rings is 2. The third kappa shape index (κ3) is 1.70. The van der Waals surface area contributed by atoms with Crippen molar-refractivity contribution in [3.8, 4) is 0 Å². The summed E-state index contributed by atoms with van der Waals surface area (Å²) in [7, 11) is 2.01. The summed E-state index contributed by atoms with van der Waals surface area (Å²) in [4.78, 5) is 0. The molecule has 0 saturated carbocycles. The van der Waals surface area contributed by atoms with E-state index >= 15 is 0 Å². The van der Waals surface area contributed by atoms with E-state index in [2.05, 4.69) is 55.5 Å². The molecule has 2 aromatic rings. The summed E-state index contributed by atoms with van der Waals surface area (Å²) >= 11 is 0. The Morgan fingerprint density at radius 1 is 0.944 bits per heavy atom. The maximum absolute atomic E-state index is 4.72. The molecule has 1 atom stereocenters. The van der Waals surface area contributed by atoms with Crippen molar-refractivity contribution in [2.45, 2.75) is 12.8 Å². The van der Waals surface area contributed by atoms with E-state index in [0.29, 0.717) is 5.92 Å². The quantitative estimate of drug-likeness (QED) is 0.738. The van der Waals surface area contributed by atoms with Gasteiger partial charge in [-0.05, 0) is 17.2 Å². The Hall–Kier alpha value is -2.09. The second kappa shape index (κ2) is 4.30. The smallest absolute Gasteiger partial charge is 0.0754 e. The van der Waals surface area contributed by atoms with E-state index < -0.39 is 0 Å². The molecule has 1 aliphatic rings. The Balaban J connectivity index is 2.10. The van der Waals surface area contributed by atoms with Gasteiger partial charge in [0.15, 0.2) is 0 Å². The van der Waals surface area contributed by atoms with E-state index in [1.165, 1.54) is 16.8 Å². The molecule has 0 saturated heterocycles. The van der Waals surface area contributed by atoms with Crippen LogP contribution in [0.1, 0.15) is 24.0 Å². The zero-order valence-electron chi connectivity index (χ0n) is 10.7. The molecule has 0 aliphatic carbocycles. The van der Waals surface area contributed by atoms with Gasteiger partial charge in [0.1, 0.15) is 0 Å². The Bertz CT molecular complexity index is 587. The molecule has 2 nitrogen and oxygen atoms in total. The van der Waals surface area contributed by atoms with Crippen molar-refractivity contribution in [1.29, 1.82) is 0 Å². The van der Waals surface area contributed by atoms with Gasteiger partial charge in [-0.15, -0.1) is 0 Å². The molecule has 0 unspecified atom stereocenters. The average molecular weight is 236 g/mol. The standard InChI is InChI=1S/C16H16N2/c1-12-14-10-6-7-11-15(14)18(2)17-16(12)13-8-4-3-5-9-13/h3-12H,1-2H3/t12-/m1/s1. The molecular formula is C16H16N2. The van der Waals surface area contributed by atoms with E-state index in [1.54, 1.807) is 0 Å². The summed E-state index contributed by atoms with van der Waals surface area (Å²) in [6.07, 6.45) is 0. The van der Waals surface area contributed by atoms with E-state index in [0.717, 1.165) is 5.71 Å². The minimum absolute atomic E-state index is 0.333. The molecule has 18 heavy (non-hydrogen) atoms. The topological polar surface area (TPSA) is 15.6 Å². The summed E-state index contributed by atoms with van der Waals surface area (Å²) in [6, 6.07) is 18.9. The summed E-state index contributed by atoms with van der Waals surface area (Å²) in [6.45, 7) is 2.22. The first-order valence-corrected chi connectivity index (χ1v) is 6.24. The number of hydrogen-bond donors (Lipinski definition) is 0. The number of anilines is 1. The number of rotatable bonds is 1. The van der Waals surface area contributed by atoms with Crippen LogP contribution in [0.5, 0.6) is 0 Å². The molecule has 2 heteroatoms. The van der Waals surface area contributed by atoms with Crippen LogP contribution in [-0.4, -0.2) is 12.8 Å². The Morgan fingerprint density at radius 3 is 2.39 bits per heavy atom. The summed E-state index contributed by atoms with van der Waals surface area (Å²) < 4.78 is 0. The van der Waals surface area contributed by atoms with E-state index in [-0.39, 0.29) is 0 Å². The first kappa shape index (κ1) is 11.0. The van der Waals surface area contributed by atoms with E-state index in [1.807, 2.05) is 18.1 Å². The highest BCUT2D eigenvalue weighted by molar-refractivity contribution is 6.07. The van der Waals surface area contributed by atoms with Gasteiger partial charge in [0.2, 0.25) is 0 Å². The van der Waals surface area contributed by atoms with Crippen LogP contribution in [0.3, 0.4) is 0 Å². The Labute approximate surface area is 108 Å². The van der Waals surface area contributed by atoms with Crippen LogP contribution in [0.2, 0.25) is 0 Å². The molecule has 1 heterocycles. The minimum atomic E-state index is 0.333. The van der Waals surface area contributed by atoms with Gasteiger partial charge in [-0.1, -0.05) is 55.5 Å². The first-order valence-electron chi connectivity index (χ1n) is 6.24. The van der Waals surface area contributed by atoms with Crippen molar-refractivity contribution in [1.82, 2.24) is 0 Å². The zero-order chi connectivity index (χ0) is 12.5. The summed E-state index contributed by atoms with van der Waals surface area (Å²) in [5.74, 6) is 0.333. The molecule has 1 aliphatic heterocycles. The van der Waals surface area contributed by atoms with Crippen LogP contribution in [0, 0.1) is 0 Å². The maximum atomic E-state index is 4.72. The number of para-hydroxylation sites is 1. The largest absolute Gasteiger partial charge is 0.268 e. The van der Waals surface area contributed by atoms with Crippen molar-refractivity contribution >= 4 is 11.4 Å². The lowest BCUT2D eigenvalue weighted by molar-refractivity contribution is 0.894. The monoisotopic (exact) mass is 236 g/mol. The number of hydrazone groups is 1. The second-order valence-electron chi connectivity index (χ2n) is 4.66. The lowest BCUT2D eigenvalue weighted by Gasteiger charge is -2.29. The van der Waals surface area contributed by atoms with E-state index in [9.17, 15) is 0 Å². The first-order chi connectivity index (χ1) is 8.77. The molecule has 0 fully saturated rings. The Kier molecular flexibility index (Phi) is 2.63. The number of fused-ring (bicyclic) bond motifs is 1. The molecule has 3 rings (SSSR count). The molecular weight excluding hydrogens is 220 g/mol. The van der Waals surface area contributed by atoms with Crippen LogP contribution in [-0.2, 0) is 0 Å². The van der Waals surface area contributed by atoms with Gasteiger partial charge >= 0.3 is 0 Å². The van der Waals surface area contributed by atoms with Gasteiger partial charge in [-0.2, -0.15) is 5.10 Å². The number of hydrogen-bond acceptors (Lipinski definition) is 2. The van der Waals surface area contributed by atoms with Gasteiger partial charge in [0, 0.05) is 13.0 Å². The number of nitrogens with zero attached hydrogens (tertiary/aromatic N) is 2. The van der Waals surface area contributed by atoms with Gasteiger partial charge in [0.25, 0.3) is 0 Å². The van der Waals surface area contributed by atoms with Gasteiger partial charge in [-0.25, -0.2) is 0 Å². The van der Waals surface area contributed by atoms with Crippen LogP contribution >= 0.6 is 0 Å². The van der Waals surface area contributed by atoms with Crippen molar-refractivity contribution in [2.24, 2.45) is 5.10 Å². The van der Waals surface area contributed by atoms with Crippen LogP contribution < -0.4 is 5.01 Å². The average Bonchev–Trinajstić information content (AvgIpc) is 2.44. The zero-order valence-corrected chi connectivity index (χ0v) is 10.7. The van der Waals surface area contributed by atoms with Crippen molar-refractivity contribution in [3.63, 3.8) is 0 Å². The molecule has 0 amide bonds. The SMILES string of the molecule is C[C@H]1C(c2ccccc2)=NN(C)c2ccccc21. The van der Waals surface area contributed by atoms with Gasteiger partial charge in [0.05, 0.1) is 11.4 Å². The minimum Gasteiger partial charge on any atom is -0.268 e. The Morgan fingerprint density at radius 2 is 1.61 bits per heavy atom. The van der Waals surface area contributed by atoms with Crippen molar-refractivity contribution in [3.05, 3.63) is 65.7 Å². The van der Waals surface area contributed by atoms with Gasteiger partial charge in [-0.3, -0.25) is 5.01 Å². The summed E-state index contributed by atoms with van der Waals surface area (Å²) in [5.41, 5.74) is 4.88. The fraction of sp³-hybridized carbons (Fsp3) is 0.188. The fourth-order valence-electron chi connectivity index (χ4n) is 2.51. The molecule has 90 valence electrons. The molecule has 0 N–H and O–H groups in total. The molecule has 0 radical (unpaired) electrons. The predicted octanol–water partition coefficient (Wildman–Crippen LogP) is 3.64. The van der Waals surface area contributed by atoms with Crippen molar-refractivity contribution < 1.29 is 0 Å². The molecule has 0 spiro atoms. The normalized spacial score (nSPS) is 18.2. The van der Waals surface area contributed by atoms with Gasteiger partial charge < -0.3 is 0 Å². The fourth-order valence-corrected chi connectivity index (χ4v) is 2.51. The highest BCUT2D eigenvalue weighted by Gasteiger charge is 2.24. The van der Waals surface area contributed by atoms with Crippen LogP contribution in [0.25, 0.3) is 0 Å². The third-order valence-electron chi connectivity index (χ3n) is 3.49. The second-order valence-corrected chi connectivity index (χ2v) is 4.66. The lowest BCUT2D eigenvalue weighted by atomic mass is 9.89. The summed E-state index contributed by atoms with van der Waals surface area (Å²) in [5, 5.41) is 6.69. The predicted molar refractivity (Wildman–Crippen MR) is 76.2 cm³/mol. The lowest BCUT2D eigenvalue weighted by Crippen LogP contribution is -2.25. The highest BCUT2D eigenvalue weighted by Crippen LogP contribution is 2.34. The van der Waals surface area contributed by atoms with Crippen LogP contribution in [0.4, 0.5) is 5.69 Å².